The molecule has 6 nitrogen and oxygen atoms in total. The van der Waals surface area contributed by atoms with Gasteiger partial charge in [0.25, 0.3) is 10.0 Å². The summed E-state index contributed by atoms with van der Waals surface area (Å²) in [5.74, 6) is 0.201. The molecule has 0 aliphatic carbocycles. The Morgan fingerprint density at radius 3 is 2.57 bits per heavy atom. The summed E-state index contributed by atoms with van der Waals surface area (Å²) in [5.41, 5.74) is 6.05. The molecule has 0 amide bonds. The van der Waals surface area contributed by atoms with E-state index in [0.717, 1.165) is 11.2 Å². The first kappa shape index (κ1) is 14.9. The first-order valence-corrected chi connectivity index (χ1v) is 7.98. The minimum atomic E-state index is -3.84. The molecular formula is C13H10N4O2S2. The normalized spacial score (nSPS) is 12.4. The van der Waals surface area contributed by atoms with Gasteiger partial charge in [0.05, 0.1) is 16.3 Å². The van der Waals surface area contributed by atoms with Gasteiger partial charge >= 0.3 is 0 Å². The number of benzene rings is 1. The van der Waals surface area contributed by atoms with Crippen molar-refractivity contribution in [2.45, 2.75) is 4.90 Å². The molecule has 0 fully saturated rings. The van der Waals surface area contributed by atoms with Gasteiger partial charge in [-0.1, -0.05) is 30.3 Å². The number of rotatable bonds is 4. The van der Waals surface area contributed by atoms with Gasteiger partial charge in [0.15, 0.2) is 5.69 Å². The zero-order valence-corrected chi connectivity index (χ0v) is 12.3. The van der Waals surface area contributed by atoms with Crippen LogP contribution in [0.5, 0.6) is 0 Å². The number of sulfonamides is 1. The Labute approximate surface area is 126 Å². The summed E-state index contributed by atoms with van der Waals surface area (Å²) in [6, 6.07) is 9.07. The summed E-state index contributed by atoms with van der Waals surface area (Å²) >= 11 is 1.39. The third-order valence-corrected chi connectivity index (χ3v) is 4.55. The Morgan fingerprint density at radius 2 is 2.00 bits per heavy atom. The van der Waals surface area contributed by atoms with Gasteiger partial charge < -0.3 is 5.73 Å². The van der Waals surface area contributed by atoms with E-state index in [2.05, 4.69) is 14.2 Å². The van der Waals surface area contributed by atoms with Gasteiger partial charge in [-0.2, -0.15) is 8.42 Å². The molecule has 1 heterocycles. The van der Waals surface area contributed by atoms with Crippen LogP contribution in [0.1, 0.15) is 4.88 Å². The third kappa shape index (κ3) is 3.75. The number of hydrogen-bond donors (Lipinski definition) is 1. The van der Waals surface area contributed by atoms with Crippen molar-refractivity contribution in [1.29, 1.82) is 0 Å². The highest BCUT2D eigenvalue weighted by molar-refractivity contribution is 7.90. The lowest BCUT2D eigenvalue weighted by atomic mass is 10.3. The Kier molecular flexibility index (Phi) is 4.47. The third-order valence-electron chi connectivity index (χ3n) is 2.42. The van der Waals surface area contributed by atoms with Crippen LogP contribution < -0.4 is 5.73 Å². The van der Waals surface area contributed by atoms with Gasteiger partial charge in [0, 0.05) is 0 Å². The number of thiophene rings is 1. The number of amidine groups is 1. The predicted molar refractivity (Wildman–Crippen MR) is 83.4 cm³/mol. The van der Waals surface area contributed by atoms with Crippen LogP contribution in [-0.4, -0.2) is 20.6 Å². The molecule has 0 aliphatic heterocycles. The summed E-state index contributed by atoms with van der Waals surface area (Å²) in [4.78, 5) is 7.72. The van der Waals surface area contributed by atoms with Crippen molar-refractivity contribution in [3.8, 4) is 0 Å². The number of nitrogens with zero attached hydrogens (tertiary/aromatic N) is 3. The lowest BCUT2D eigenvalue weighted by Gasteiger charge is -1.97. The SMILES string of the molecule is [C-]#[N+]c1ccc(S(=O)(=O)/N=C/N=C(N)c2cccs2)cc1. The van der Waals surface area contributed by atoms with Gasteiger partial charge in [-0.25, -0.2) is 9.84 Å². The molecule has 2 aromatic rings. The number of nitrogens with two attached hydrogens (primary N) is 1. The molecule has 0 saturated heterocycles. The molecule has 0 aliphatic rings. The van der Waals surface area contributed by atoms with Crippen molar-refractivity contribution in [3.05, 3.63) is 58.1 Å². The molecule has 21 heavy (non-hydrogen) atoms. The van der Waals surface area contributed by atoms with Crippen molar-refractivity contribution < 1.29 is 8.42 Å². The average molecular weight is 318 g/mol. The molecule has 8 heteroatoms. The first-order valence-electron chi connectivity index (χ1n) is 5.66. The summed E-state index contributed by atoms with van der Waals surface area (Å²) < 4.78 is 27.3. The molecule has 0 spiro atoms. The van der Waals surface area contributed by atoms with Crippen LogP contribution in [0.2, 0.25) is 0 Å². The van der Waals surface area contributed by atoms with Crippen LogP contribution in [0.25, 0.3) is 4.85 Å². The Balaban J connectivity index is 2.19. The Bertz CT molecular complexity index is 814. The van der Waals surface area contributed by atoms with Gasteiger partial charge in [-0.3, -0.25) is 0 Å². The largest absolute Gasteiger partial charge is 0.382 e. The summed E-state index contributed by atoms with van der Waals surface area (Å²) in [6.45, 7) is 6.81. The summed E-state index contributed by atoms with van der Waals surface area (Å²) in [6.07, 6.45) is 0.910. The summed E-state index contributed by atoms with van der Waals surface area (Å²) in [5, 5.41) is 1.84. The first-order chi connectivity index (χ1) is 10.0. The molecule has 1 aromatic carbocycles. The van der Waals surface area contributed by atoms with Crippen molar-refractivity contribution >= 4 is 39.2 Å². The fraction of sp³-hybridized carbons (Fsp3) is 0. The molecular weight excluding hydrogens is 308 g/mol. The molecule has 106 valence electrons. The molecule has 2 rings (SSSR count). The molecule has 0 radical (unpaired) electrons. The molecule has 0 unspecified atom stereocenters. The smallest absolute Gasteiger partial charge is 0.283 e. The lowest BCUT2D eigenvalue weighted by Crippen LogP contribution is -2.11. The zero-order valence-electron chi connectivity index (χ0n) is 10.7. The second kappa shape index (κ2) is 6.30. The van der Waals surface area contributed by atoms with E-state index in [0.29, 0.717) is 5.69 Å². The van der Waals surface area contributed by atoms with Crippen LogP contribution in [0.15, 0.2) is 56.1 Å². The highest BCUT2D eigenvalue weighted by atomic mass is 32.2. The van der Waals surface area contributed by atoms with Gasteiger partial charge in [0.1, 0.15) is 12.2 Å². The van der Waals surface area contributed by atoms with Crippen LogP contribution in [-0.2, 0) is 10.0 Å². The monoisotopic (exact) mass is 318 g/mol. The molecule has 2 N–H and O–H groups in total. The fourth-order valence-electron chi connectivity index (χ4n) is 1.39. The molecule has 0 atom stereocenters. The van der Waals surface area contributed by atoms with E-state index in [4.69, 9.17) is 12.3 Å². The molecule has 1 aromatic heterocycles. The van der Waals surface area contributed by atoms with E-state index >= 15 is 0 Å². The molecule has 0 saturated carbocycles. The molecule has 0 bridgehead atoms. The minimum Gasteiger partial charge on any atom is -0.382 e. The number of aliphatic imine (C=N–C) groups is 1. The maximum absolute atomic E-state index is 11.9. The zero-order chi connectivity index (χ0) is 15.3. The fourth-order valence-corrected chi connectivity index (χ4v) is 2.80. The maximum atomic E-state index is 11.9. The maximum Gasteiger partial charge on any atom is 0.283 e. The van der Waals surface area contributed by atoms with Crippen molar-refractivity contribution in [2.24, 2.45) is 15.1 Å². The van der Waals surface area contributed by atoms with Crippen LogP contribution in [0, 0.1) is 6.57 Å². The van der Waals surface area contributed by atoms with E-state index < -0.39 is 10.0 Å². The van der Waals surface area contributed by atoms with Gasteiger partial charge in [-0.05, 0) is 11.4 Å². The van der Waals surface area contributed by atoms with Crippen molar-refractivity contribution in [3.63, 3.8) is 0 Å². The van der Waals surface area contributed by atoms with Crippen molar-refractivity contribution in [2.75, 3.05) is 0 Å². The number of hydrogen-bond acceptors (Lipinski definition) is 3. The average Bonchev–Trinajstić information content (AvgIpc) is 3.01. The van der Waals surface area contributed by atoms with Gasteiger partial charge in [-0.15, -0.1) is 15.7 Å². The predicted octanol–water partition coefficient (Wildman–Crippen LogP) is 2.42. The van der Waals surface area contributed by atoms with Gasteiger partial charge in [0.2, 0.25) is 0 Å². The Morgan fingerprint density at radius 1 is 1.29 bits per heavy atom. The van der Waals surface area contributed by atoms with E-state index in [1.807, 2.05) is 11.4 Å². The Hall–Kier alpha value is -2.50. The standard InChI is InChI=1S/C13H10N4O2S2/c1-15-10-4-6-11(7-5-10)21(18,19)17-9-16-13(14)12-3-2-8-20-12/h2-9H,(H2,14,16,17). The lowest BCUT2D eigenvalue weighted by molar-refractivity contribution is 0.598. The summed E-state index contributed by atoms with van der Waals surface area (Å²) in [7, 11) is -3.84. The van der Waals surface area contributed by atoms with Crippen molar-refractivity contribution in [1.82, 2.24) is 0 Å². The van der Waals surface area contributed by atoms with E-state index in [1.165, 1.54) is 35.6 Å². The second-order valence-corrected chi connectivity index (χ2v) is 6.37. The quantitative estimate of drug-likeness (QED) is 0.533. The topological polar surface area (TPSA) is 89.2 Å². The van der Waals surface area contributed by atoms with E-state index in [-0.39, 0.29) is 10.7 Å². The minimum absolute atomic E-state index is 0.00366. The van der Waals surface area contributed by atoms with E-state index in [9.17, 15) is 8.42 Å². The van der Waals surface area contributed by atoms with E-state index in [1.54, 1.807) is 6.07 Å². The van der Waals surface area contributed by atoms with Crippen LogP contribution >= 0.6 is 11.3 Å². The highest BCUT2D eigenvalue weighted by Crippen LogP contribution is 2.17. The second-order valence-electron chi connectivity index (χ2n) is 3.79. The highest BCUT2D eigenvalue weighted by Gasteiger charge is 2.11. The van der Waals surface area contributed by atoms with Crippen LogP contribution in [0.3, 0.4) is 0 Å². The van der Waals surface area contributed by atoms with Crippen LogP contribution in [0.4, 0.5) is 5.69 Å².